The summed E-state index contributed by atoms with van der Waals surface area (Å²) in [6.07, 6.45) is 3.49. The Bertz CT molecular complexity index is 656. The van der Waals surface area contributed by atoms with E-state index in [9.17, 15) is 4.79 Å². The summed E-state index contributed by atoms with van der Waals surface area (Å²) in [7, 11) is 0. The van der Waals surface area contributed by atoms with Crippen molar-refractivity contribution in [3.05, 3.63) is 58.7 Å². The van der Waals surface area contributed by atoms with Crippen LogP contribution in [-0.2, 0) is 6.42 Å². The Labute approximate surface area is 148 Å². The zero-order valence-corrected chi connectivity index (χ0v) is 14.9. The van der Waals surface area contributed by atoms with Crippen LogP contribution in [-0.4, -0.2) is 24.0 Å². The molecule has 0 spiro atoms. The fourth-order valence-corrected chi connectivity index (χ4v) is 2.36. The maximum absolute atomic E-state index is 12.1. The van der Waals surface area contributed by atoms with Gasteiger partial charge in [-0.1, -0.05) is 37.6 Å². The van der Waals surface area contributed by atoms with Gasteiger partial charge in [-0.25, -0.2) is 4.98 Å². The number of aromatic nitrogens is 1. The number of hydrogen-bond acceptors (Lipinski definition) is 3. The van der Waals surface area contributed by atoms with Crippen LogP contribution in [0, 0.1) is 5.92 Å². The summed E-state index contributed by atoms with van der Waals surface area (Å²) >= 11 is 5.88. The largest absolute Gasteiger partial charge is 0.370 e. The first-order valence-electron chi connectivity index (χ1n) is 8.27. The lowest BCUT2D eigenvalue weighted by atomic mass is 10.1. The summed E-state index contributed by atoms with van der Waals surface area (Å²) < 4.78 is 0. The third kappa shape index (κ3) is 6.20. The summed E-state index contributed by atoms with van der Waals surface area (Å²) in [4.78, 5) is 16.4. The highest BCUT2D eigenvalue weighted by molar-refractivity contribution is 6.30. The number of pyridine rings is 1. The molecule has 0 fully saturated rings. The van der Waals surface area contributed by atoms with Gasteiger partial charge in [0.05, 0.1) is 0 Å². The van der Waals surface area contributed by atoms with Crippen LogP contribution >= 0.6 is 11.6 Å². The maximum atomic E-state index is 12.1. The van der Waals surface area contributed by atoms with E-state index in [-0.39, 0.29) is 5.91 Å². The van der Waals surface area contributed by atoms with Crippen molar-refractivity contribution in [3.8, 4) is 0 Å². The molecular weight excluding hydrogens is 322 g/mol. The average molecular weight is 346 g/mol. The van der Waals surface area contributed by atoms with Gasteiger partial charge in [-0.3, -0.25) is 4.79 Å². The van der Waals surface area contributed by atoms with E-state index in [0.29, 0.717) is 23.8 Å². The lowest BCUT2D eigenvalue weighted by Crippen LogP contribution is -2.25. The number of rotatable bonds is 8. The lowest BCUT2D eigenvalue weighted by molar-refractivity contribution is 0.0952. The van der Waals surface area contributed by atoms with E-state index in [1.807, 2.05) is 24.3 Å². The second-order valence-electron chi connectivity index (χ2n) is 6.17. The number of nitrogens with one attached hydrogen (secondary N) is 2. The smallest absolute Gasteiger partial charge is 0.251 e. The molecule has 0 unspecified atom stereocenters. The molecule has 1 heterocycles. The second kappa shape index (κ2) is 9.28. The molecule has 4 nitrogen and oxygen atoms in total. The van der Waals surface area contributed by atoms with E-state index in [1.165, 1.54) is 5.56 Å². The van der Waals surface area contributed by atoms with E-state index in [1.54, 1.807) is 18.3 Å². The van der Waals surface area contributed by atoms with Crippen LogP contribution in [0.25, 0.3) is 0 Å². The highest BCUT2D eigenvalue weighted by atomic mass is 35.5. The van der Waals surface area contributed by atoms with Crippen LogP contribution in [0.2, 0.25) is 5.02 Å². The normalized spacial score (nSPS) is 10.7. The zero-order valence-electron chi connectivity index (χ0n) is 14.2. The minimum absolute atomic E-state index is 0.0567. The molecule has 1 amide bonds. The third-order valence-corrected chi connectivity index (χ3v) is 3.91. The molecule has 24 heavy (non-hydrogen) atoms. The van der Waals surface area contributed by atoms with E-state index in [0.717, 1.165) is 24.4 Å². The second-order valence-corrected chi connectivity index (χ2v) is 6.61. The Morgan fingerprint density at radius 2 is 1.92 bits per heavy atom. The van der Waals surface area contributed by atoms with Crippen molar-refractivity contribution in [2.24, 2.45) is 5.92 Å². The molecule has 0 aliphatic carbocycles. The fourth-order valence-electron chi connectivity index (χ4n) is 2.23. The van der Waals surface area contributed by atoms with Crippen LogP contribution < -0.4 is 10.6 Å². The van der Waals surface area contributed by atoms with E-state index in [4.69, 9.17) is 11.6 Å². The molecule has 2 N–H and O–H groups in total. The van der Waals surface area contributed by atoms with Gasteiger partial charge in [0, 0.05) is 29.9 Å². The fraction of sp³-hybridized carbons (Fsp3) is 0.368. The van der Waals surface area contributed by atoms with Crippen LogP contribution in [0.5, 0.6) is 0 Å². The highest BCUT2D eigenvalue weighted by Crippen LogP contribution is 2.11. The van der Waals surface area contributed by atoms with Crippen molar-refractivity contribution in [2.45, 2.75) is 26.7 Å². The van der Waals surface area contributed by atoms with Crippen molar-refractivity contribution in [3.63, 3.8) is 0 Å². The van der Waals surface area contributed by atoms with Crippen molar-refractivity contribution in [2.75, 3.05) is 18.4 Å². The van der Waals surface area contributed by atoms with Crippen molar-refractivity contribution in [1.29, 1.82) is 0 Å². The Morgan fingerprint density at radius 1 is 1.17 bits per heavy atom. The first kappa shape index (κ1) is 18.3. The van der Waals surface area contributed by atoms with Gasteiger partial charge in [-0.15, -0.1) is 0 Å². The van der Waals surface area contributed by atoms with Crippen LogP contribution in [0.1, 0.15) is 36.2 Å². The minimum Gasteiger partial charge on any atom is -0.370 e. The number of carbonyl (C=O) groups is 1. The molecule has 5 heteroatoms. The number of hydrogen-bond donors (Lipinski definition) is 2. The van der Waals surface area contributed by atoms with Gasteiger partial charge in [0.1, 0.15) is 5.82 Å². The number of nitrogens with zero attached hydrogens (tertiary/aromatic N) is 1. The predicted octanol–water partition coefficient (Wildman–Crippen LogP) is 4.17. The Morgan fingerprint density at radius 3 is 2.62 bits per heavy atom. The Balaban J connectivity index is 1.83. The number of anilines is 1. The monoisotopic (exact) mass is 345 g/mol. The predicted molar refractivity (Wildman–Crippen MR) is 99.7 cm³/mol. The summed E-state index contributed by atoms with van der Waals surface area (Å²) in [5.74, 6) is 1.23. The average Bonchev–Trinajstić information content (AvgIpc) is 2.56. The topological polar surface area (TPSA) is 54.0 Å². The molecule has 1 aromatic heterocycles. The van der Waals surface area contributed by atoms with E-state index < -0.39 is 0 Å². The minimum atomic E-state index is -0.0567. The van der Waals surface area contributed by atoms with Crippen LogP contribution in [0.3, 0.4) is 0 Å². The third-order valence-electron chi connectivity index (χ3n) is 3.66. The summed E-state index contributed by atoms with van der Waals surface area (Å²) in [5, 5.41) is 6.93. The van der Waals surface area contributed by atoms with Gasteiger partial charge in [0.2, 0.25) is 0 Å². The van der Waals surface area contributed by atoms with E-state index >= 15 is 0 Å². The zero-order chi connectivity index (χ0) is 17.4. The first-order chi connectivity index (χ1) is 11.5. The number of amides is 1. The lowest BCUT2D eigenvalue weighted by Gasteiger charge is -2.09. The number of benzene rings is 1. The summed E-state index contributed by atoms with van der Waals surface area (Å²) in [6.45, 7) is 5.72. The van der Waals surface area contributed by atoms with Gasteiger partial charge in [-0.2, -0.15) is 0 Å². The highest BCUT2D eigenvalue weighted by Gasteiger charge is 2.06. The number of carbonyl (C=O) groups excluding carboxylic acids is 1. The first-order valence-corrected chi connectivity index (χ1v) is 8.65. The SMILES string of the molecule is CC(C)CCNC(=O)c1ccnc(NCCc2ccc(Cl)cc2)c1. The quantitative estimate of drug-likeness (QED) is 0.755. The van der Waals surface area contributed by atoms with Crippen LogP contribution in [0.15, 0.2) is 42.6 Å². The molecule has 0 saturated heterocycles. The Hall–Kier alpha value is -2.07. The van der Waals surface area contributed by atoms with Crippen molar-refractivity contribution < 1.29 is 4.79 Å². The molecule has 0 saturated carbocycles. The molecule has 0 aliphatic heterocycles. The van der Waals surface area contributed by atoms with Crippen molar-refractivity contribution >= 4 is 23.3 Å². The molecule has 1 aromatic carbocycles. The number of halogens is 1. The summed E-state index contributed by atoms with van der Waals surface area (Å²) in [5.41, 5.74) is 1.83. The van der Waals surface area contributed by atoms with Gasteiger partial charge in [-0.05, 0) is 48.6 Å². The van der Waals surface area contributed by atoms with Gasteiger partial charge < -0.3 is 10.6 Å². The molecule has 0 aliphatic rings. The Kier molecular flexibility index (Phi) is 7.07. The standard InChI is InChI=1S/C19H24ClN3O/c1-14(2)7-10-23-19(24)16-9-12-22-18(13-16)21-11-8-15-3-5-17(20)6-4-15/h3-6,9,12-14H,7-8,10-11H2,1-2H3,(H,21,22)(H,23,24). The molecule has 0 atom stereocenters. The van der Waals surface area contributed by atoms with Crippen molar-refractivity contribution in [1.82, 2.24) is 10.3 Å². The maximum Gasteiger partial charge on any atom is 0.251 e. The van der Waals surface area contributed by atoms with E-state index in [2.05, 4.69) is 29.5 Å². The van der Waals surface area contributed by atoms with Crippen LogP contribution in [0.4, 0.5) is 5.82 Å². The molecule has 0 radical (unpaired) electrons. The molecular formula is C19H24ClN3O. The van der Waals surface area contributed by atoms with Gasteiger partial charge in [0.15, 0.2) is 0 Å². The molecule has 0 bridgehead atoms. The van der Waals surface area contributed by atoms with Gasteiger partial charge >= 0.3 is 0 Å². The summed E-state index contributed by atoms with van der Waals surface area (Å²) in [6, 6.07) is 11.3. The van der Waals surface area contributed by atoms with Gasteiger partial charge in [0.25, 0.3) is 5.91 Å². The molecule has 2 rings (SSSR count). The molecule has 2 aromatic rings. The molecule has 128 valence electrons.